The van der Waals surface area contributed by atoms with Crippen LogP contribution in [0.1, 0.15) is 5.69 Å². The average Bonchev–Trinajstić information content (AvgIpc) is 2.82. The summed E-state index contributed by atoms with van der Waals surface area (Å²) in [7, 11) is 0. The van der Waals surface area contributed by atoms with Gasteiger partial charge in [-0.1, -0.05) is 17.7 Å². The second kappa shape index (κ2) is 5.33. The number of likely N-dealkylation sites (tertiary alicyclic amines) is 1. The second-order valence-corrected chi connectivity index (χ2v) is 5.33. The minimum atomic E-state index is 0.267. The van der Waals surface area contributed by atoms with Gasteiger partial charge in [0.15, 0.2) is 0 Å². The molecule has 1 saturated heterocycles. The molecule has 0 aliphatic carbocycles. The number of aromatic nitrogens is 1. The molecular weight excluding hydrogens is 264 g/mol. The number of hydrogen-bond donors (Lipinski definition) is 1. The molecular formula is C14H15ClN2O2. The molecule has 3 rings (SSSR count). The molecule has 2 heterocycles. The van der Waals surface area contributed by atoms with Gasteiger partial charge in [-0.3, -0.25) is 4.90 Å². The van der Waals surface area contributed by atoms with Gasteiger partial charge in [0.1, 0.15) is 6.26 Å². The van der Waals surface area contributed by atoms with Crippen molar-refractivity contribution in [3.05, 3.63) is 41.2 Å². The quantitative estimate of drug-likeness (QED) is 0.933. The van der Waals surface area contributed by atoms with Crippen LogP contribution in [0.3, 0.4) is 0 Å². The number of nitrogens with zero attached hydrogens (tertiary/aromatic N) is 2. The van der Waals surface area contributed by atoms with E-state index in [4.69, 9.17) is 21.1 Å². The number of hydrogen-bond acceptors (Lipinski definition) is 4. The molecule has 1 fully saturated rings. The molecule has 0 spiro atoms. The zero-order valence-corrected chi connectivity index (χ0v) is 11.2. The highest BCUT2D eigenvalue weighted by atomic mass is 35.5. The van der Waals surface area contributed by atoms with Gasteiger partial charge < -0.3 is 9.52 Å². The van der Waals surface area contributed by atoms with Gasteiger partial charge in [-0.05, 0) is 18.2 Å². The Morgan fingerprint density at radius 3 is 3.00 bits per heavy atom. The van der Waals surface area contributed by atoms with Crippen molar-refractivity contribution in [2.75, 3.05) is 19.7 Å². The summed E-state index contributed by atoms with van der Waals surface area (Å²) in [6, 6.07) is 7.46. The number of benzene rings is 1. The predicted octanol–water partition coefficient (Wildman–Crippen LogP) is 2.42. The summed E-state index contributed by atoms with van der Waals surface area (Å²) in [5, 5.41) is 9.65. The third kappa shape index (κ3) is 2.81. The highest BCUT2D eigenvalue weighted by Gasteiger charge is 2.26. The fourth-order valence-corrected chi connectivity index (χ4v) is 2.47. The lowest BCUT2D eigenvalue weighted by Gasteiger charge is -2.37. The van der Waals surface area contributed by atoms with E-state index >= 15 is 0 Å². The summed E-state index contributed by atoms with van der Waals surface area (Å²) in [6.45, 7) is 2.88. The zero-order chi connectivity index (χ0) is 13.2. The molecule has 1 aliphatic rings. The largest absolute Gasteiger partial charge is 0.444 e. The van der Waals surface area contributed by atoms with Gasteiger partial charge in [0, 0.05) is 42.7 Å². The molecule has 0 bridgehead atoms. The van der Waals surface area contributed by atoms with Crippen molar-refractivity contribution in [2.45, 2.75) is 6.54 Å². The lowest BCUT2D eigenvalue weighted by Crippen LogP contribution is -2.47. The summed E-state index contributed by atoms with van der Waals surface area (Å²) in [4.78, 5) is 6.70. The topological polar surface area (TPSA) is 49.5 Å². The lowest BCUT2D eigenvalue weighted by molar-refractivity contribution is 0.0470. The van der Waals surface area contributed by atoms with E-state index in [-0.39, 0.29) is 6.61 Å². The summed E-state index contributed by atoms with van der Waals surface area (Å²) < 4.78 is 5.48. The van der Waals surface area contributed by atoms with Crippen LogP contribution < -0.4 is 0 Å². The third-order valence-electron chi connectivity index (χ3n) is 3.30. The molecule has 0 saturated carbocycles. The molecule has 5 heteroatoms. The average molecular weight is 279 g/mol. The van der Waals surface area contributed by atoms with Gasteiger partial charge in [-0.15, -0.1) is 0 Å². The SMILES string of the molecule is OCC1CN(Cc2coc(-c3cccc(Cl)c3)n2)C1. The second-order valence-electron chi connectivity index (χ2n) is 4.90. The summed E-state index contributed by atoms with van der Waals surface area (Å²) in [6.07, 6.45) is 1.68. The number of halogens is 1. The first kappa shape index (κ1) is 12.7. The van der Waals surface area contributed by atoms with Gasteiger partial charge in [0.2, 0.25) is 5.89 Å². The Labute approximate surface area is 116 Å². The van der Waals surface area contributed by atoms with Crippen molar-refractivity contribution in [3.63, 3.8) is 0 Å². The fourth-order valence-electron chi connectivity index (χ4n) is 2.28. The van der Waals surface area contributed by atoms with Gasteiger partial charge in [0.05, 0.1) is 5.69 Å². The maximum Gasteiger partial charge on any atom is 0.226 e. The van der Waals surface area contributed by atoms with Crippen molar-refractivity contribution in [1.29, 1.82) is 0 Å². The van der Waals surface area contributed by atoms with Crippen LogP contribution >= 0.6 is 11.6 Å². The predicted molar refractivity (Wildman–Crippen MR) is 72.8 cm³/mol. The normalized spacial score (nSPS) is 16.5. The highest BCUT2D eigenvalue weighted by molar-refractivity contribution is 6.30. The van der Waals surface area contributed by atoms with Crippen molar-refractivity contribution in [2.24, 2.45) is 5.92 Å². The molecule has 19 heavy (non-hydrogen) atoms. The Balaban J connectivity index is 1.67. The van der Waals surface area contributed by atoms with Gasteiger partial charge in [-0.25, -0.2) is 4.98 Å². The molecule has 0 atom stereocenters. The minimum Gasteiger partial charge on any atom is -0.444 e. The van der Waals surface area contributed by atoms with Crippen LogP contribution in [0.2, 0.25) is 5.02 Å². The number of aliphatic hydroxyl groups is 1. The molecule has 4 nitrogen and oxygen atoms in total. The molecule has 0 amide bonds. The molecule has 100 valence electrons. The summed E-state index contributed by atoms with van der Waals surface area (Å²) in [5.41, 5.74) is 1.79. The van der Waals surface area contributed by atoms with Crippen LogP contribution in [-0.4, -0.2) is 34.7 Å². The molecule has 0 unspecified atom stereocenters. The molecule has 1 aromatic heterocycles. The van der Waals surface area contributed by atoms with Gasteiger partial charge in [0.25, 0.3) is 0 Å². The number of oxazole rings is 1. The van der Waals surface area contributed by atoms with Crippen LogP contribution in [0.5, 0.6) is 0 Å². The van der Waals surface area contributed by atoms with Crippen LogP contribution in [0.4, 0.5) is 0 Å². The lowest BCUT2D eigenvalue weighted by atomic mass is 10.0. The van der Waals surface area contributed by atoms with Crippen LogP contribution in [0, 0.1) is 5.92 Å². The van der Waals surface area contributed by atoms with E-state index in [1.165, 1.54) is 0 Å². The van der Waals surface area contributed by atoms with Crippen LogP contribution in [0.15, 0.2) is 34.9 Å². The number of aliphatic hydroxyl groups excluding tert-OH is 1. The van der Waals surface area contributed by atoms with Gasteiger partial charge >= 0.3 is 0 Å². The standard InChI is InChI=1S/C14H15ClN2O2/c15-12-3-1-2-11(4-12)14-16-13(9-19-14)7-17-5-10(6-17)8-18/h1-4,9-10,18H,5-8H2. The Morgan fingerprint density at radius 1 is 1.42 bits per heavy atom. The van der Waals surface area contributed by atoms with E-state index in [2.05, 4.69) is 9.88 Å². The first-order chi connectivity index (χ1) is 9.24. The summed E-state index contributed by atoms with van der Waals surface area (Å²) >= 11 is 5.95. The van der Waals surface area contributed by atoms with Crippen LogP contribution in [-0.2, 0) is 6.54 Å². The maximum atomic E-state index is 8.98. The Hall–Kier alpha value is -1.36. The van der Waals surface area contributed by atoms with Crippen LogP contribution in [0.25, 0.3) is 11.5 Å². The Morgan fingerprint density at radius 2 is 2.26 bits per heavy atom. The van der Waals surface area contributed by atoms with Crippen molar-refractivity contribution in [1.82, 2.24) is 9.88 Å². The van der Waals surface area contributed by atoms with E-state index in [0.29, 0.717) is 16.8 Å². The molecule has 1 aromatic carbocycles. The molecule has 1 aliphatic heterocycles. The first-order valence-corrected chi connectivity index (χ1v) is 6.66. The first-order valence-electron chi connectivity index (χ1n) is 6.28. The summed E-state index contributed by atoms with van der Waals surface area (Å²) in [5.74, 6) is 1.01. The number of rotatable bonds is 4. The fraction of sp³-hybridized carbons (Fsp3) is 0.357. The van der Waals surface area contributed by atoms with E-state index < -0.39 is 0 Å². The third-order valence-corrected chi connectivity index (χ3v) is 3.54. The Bertz CT molecular complexity index is 564. The van der Waals surface area contributed by atoms with E-state index in [0.717, 1.165) is 30.9 Å². The monoisotopic (exact) mass is 278 g/mol. The van der Waals surface area contributed by atoms with Crippen molar-refractivity contribution < 1.29 is 9.52 Å². The smallest absolute Gasteiger partial charge is 0.226 e. The van der Waals surface area contributed by atoms with E-state index in [1.54, 1.807) is 6.26 Å². The van der Waals surface area contributed by atoms with Gasteiger partial charge in [-0.2, -0.15) is 0 Å². The maximum absolute atomic E-state index is 8.98. The van der Waals surface area contributed by atoms with E-state index in [9.17, 15) is 0 Å². The molecule has 1 N–H and O–H groups in total. The minimum absolute atomic E-state index is 0.267. The molecule has 2 aromatic rings. The van der Waals surface area contributed by atoms with Crippen molar-refractivity contribution in [3.8, 4) is 11.5 Å². The zero-order valence-electron chi connectivity index (χ0n) is 10.4. The molecule has 0 radical (unpaired) electrons. The highest BCUT2D eigenvalue weighted by Crippen LogP contribution is 2.23. The van der Waals surface area contributed by atoms with E-state index in [1.807, 2.05) is 24.3 Å². The van der Waals surface area contributed by atoms with Crippen molar-refractivity contribution >= 4 is 11.6 Å². The Kier molecular flexibility index (Phi) is 3.55.